The molecule has 1 aromatic heterocycles. The lowest BCUT2D eigenvalue weighted by Crippen LogP contribution is -2.56. The molecule has 0 saturated carbocycles. The largest absolute Gasteiger partial charge is 0.456 e. The Kier molecular flexibility index (Phi) is 6.54. The number of likely N-dealkylation sites (N-methyl/N-ethyl adjacent to an activating group) is 1. The van der Waals surface area contributed by atoms with Gasteiger partial charge in [-0.2, -0.15) is 0 Å². The highest BCUT2D eigenvalue weighted by Crippen LogP contribution is 2.41. The number of ether oxygens (including phenoxy) is 1. The Morgan fingerprint density at radius 1 is 1.10 bits per heavy atom. The average molecular weight is 529 g/mol. The number of urea groups is 1. The minimum atomic E-state index is -0.581. The van der Waals surface area contributed by atoms with Crippen molar-refractivity contribution in [2.75, 3.05) is 13.6 Å². The number of benzene rings is 2. The van der Waals surface area contributed by atoms with Crippen molar-refractivity contribution in [3.63, 3.8) is 0 Å². The first-order valence-electron chi connectivity index (χ1n) is 12.9. The van der Waals surface area contributed by atoms with Crippen LogP contribution >= 0.6 is 0 Å². The summed E-state index contributed by atoms with van der Waals surface area (Å²) in [5, 5.41) is 3.74. The van der Waals surface area contributed by atoms with Crippen molar-refractivity contribution in [1.29, 1.82) is 0 Å². The summed E-state index contributed by atoms with van der Waals surface area (Å²) in [7, 11) is 1.52. The number of imide groups is 1. The van der Waals surface area contributed by atoms with Gasteiger partial charge in [0.05, 0.1) is 18.0 Å². The van der Waals surface area contributed by atoms with Gasteiger partial charge in [-0.3, -0.25) is 14.5 Å². The molecule has 0 spiro atoms. The van der Waals surface area contributed by atoms with E-state index >= 15 is 0 Å². The van der Waals surface area contributed by atoms with Crippen LogP contribution in [0.4, 0.5) is 4.79 Å². The Labute approximate surface area is 227 Å². The third-order valence-electron chi connectivity index (χ3n) is 7.14. The molecule has 3 aromatic rings. The molecule has 2 aliphatic heterocycles. The molecule has 1 N–H and O–H groups in total. The van der Waals surface area contributed by atoms with Crippen LogP contribution in [0.1, 0.15) is 59.4 Å². The SMILES string of the molecule is C=CC(=O)NCc1ccc2c(c1)c1c(n2Cc2ccc(C(=O)OC(C)(C)C)cc2)CN2CC1C(=O)N(C)C2=O. The molecule has 202 valence electrons. The van der Waals surface area contributed by atoms with E-state index in [0.717, 1.165) is 33.3 Å². The smallest absolute Gasteiger partial charge is 0.338 e. The minimum absolute atomic E-state index is 0.219. The molecule has 4 amide bonds. The molecular weight excluding hydrogens is 496 g/mol. The predicted octanol–water partition coefficient (Wildman–Crippen LogP) is 3.94. The second kappa shape index (κ2) is 9.72. The summed E-state index contributed by atoms with van der Waals surface area (Å²) in [6.45, 7) is 10.5. The van der Waals surface area contributed by atoms with Crippen LogP contribution < -0.4 is 5.32 Å². The fourth-order valence-electron chi connectivity index (χ4n) is 5.30. The lowest BCUT2D eigenvalue weighted by Gasteiger charge is -2.41. The number of aromatic nitrogens is 1. The molecule has 1 unspecified atom stereocenters. The number of esters is 1. The zero-order chi connectivity index (χ0) is 28.1. The summed E-state index contributed by atoms with van der Waals surface area (Å²) in [5.41, 5.74) is 4.53. The van der Waals surface area contributed by atoms with E-state index in [-0.39, 0.29) is 23.8 Å². The first-order valence-corrected chi connectivity index (χ1v) is 12.9. The summed E-state index contributed by atoms with van der Waals surface area (Å²) < 4.78 is 7.62. The number of fused-ring (bicyclic) bond motifs is 6. The van der Waals surface area contributed by atoms with Gasteiger partial charge < -0.3 is 19.5 Å². The number of carbonyl (C=O) groups excluding carboxylic acids is 4. The number of hydrogen-bond donors (Lipinski definition) is 1. The van der Waals surface area contributed by atoms with Gasteiger partial charge >= 0.3 is 12.0 Å². The van der Waals surface area contributed by atoms with E-state index in [0.29, 0.717) is 31.7 Å². The maximum atomic E-state index is 13.2. The number of rotatable bonds is 6. The molecule has 2 aromatic carbocycles. The molecule has 0 radical (unpaired) electrons. The molecule has 1 atom stereocenters. The summed E-state index contributed by atoms with van der Waals surface area (Å²) in [6.07, 6.45) is 1.23. The van der Waals surface area contributed by atoms with Gasteiger partial charge in [-0.25, -0.2) is 9.59 Å². The molecule has 9 nitrogen and oxygen atoms in total. The number of hydrogen-bond acceptors (Lipinski definition) is 5. The minimum Gasteiger partial charge on any atom is -0.456 e. The molecular formula is C30H32N4O5. The third kappa shape index (κ3) is 4.92. The molecule has 39 heavy (non-hydrogen) atoms. The van der Waals surface area contributed by atoms with Crippen molar-refractivity contribution in [3.05, 3.63) is 83.1 Å². The first kappa shape index (κ1) is 26.2. The molecule has 1 saturated heterocycles. The van der Waals surface area contributed by atoms with Gasteiger partial charge in [-0.15, -0.1) is 0 Å². The fraction of sp³-hybridized carbons (Fsp3) is 0.333. The molecule has 2 bridgehead atoms. The van der Waals surface area contributed by atoms with Gasteiger partial charge in [0.15, 0.2) is 0 Å². The highest BCUT2D eigenvalue weighted by atomic mass is 16.6. The first-order chi connectivity index (χ1) is 18.5. The van der Waals surface area contributed by atoms with E-state index in [2.05, 4.69) is 16.5 Å². The van der Waals surface area contributed by atoms with Gasteiger partial charge in [0.25, 0.3) is 0 Å². The molecule has 3 heterocycles. The van der Waals surface area contributed by atoms with Crippen molar-refractivity contribution in [2.24, 2.45) is 0 Å². The van der Waals surface area contributed by atoms with E-state index in [1.54, 1.807) is 17.0 Å². The van der Waals surface area contributed by atoms with Crippen LogP contribution in [0, 0.1) is 0 Å². The van der Waals surface area contributed by atoms with Crippen molar-refractivity contribution in [3.8, 4) is 0 Å². The van der Waals surface area contributed by atoms with Gasteiger partial charge in [-0.05, 0) is 67.8 Å². The normalized spacial score (nSPS) is 16.8. The maximum Gasteiger partial charge on any atom is 0.338 e. The summed E-state index contributed by atoms with van der Waals surface area (Å²) >= 11 is 0. The Balaban J connectivity index is 1.55. The molecule has 5 rings (SSSR count). The van der Waals surface area contributed by atoms with Gasteiger partial charge in [0.2, 0.25) is 11.8 Å². The highest BCUT2D eigenvalue weighted by Gasteiger charge is 2.44. The number of amides is 4. The van der Waals surface area contributed by atoms with Crippen LogP contribution in [0.3, 0.4) is 0 Å². The van der Waals surface area contributed by atoms with Crippen molar-refractivity contribution in [2.45, 2.75) is 51.9 Å². The average Bonchev–Trinajstić information content (AvgIpc) is 3.21. The van der Waals surface area contributed by atoms with E-state index in [9.17, 15) is 19.2 Å². The summed E-state index contributed by atoms with van der Waals surface area (Å²) in [6, 6.07) is 12.9. The quantitative estimate of drug-likeness (QED) is 0.386. The topological polar surface area (TPSA) is 101 Å². The Morgan fingerprint density at radius 3 is 2.46 bits per heavy atom. The van der Waals surface area contributed by atoms with Crippen LogP contribution in [0.15, 0.2) is 55.1 Å². The maximum absolute atomic E-state index is 13.2. The number of carbonyl (C=O) groups is 4. The fourth-order valence-corrected chi connectivity index (χ4v) is 5.30. The predicted molar refractivity (Wildman–Crippen MR) is 146 cm³/mol. The lowest BCUT2D eigenvalue weighted by molar-refractivity contribution is -0.132. The number of nitrogens with zero attached hydrogens (tertiary/aromatic N) is 3. The summed E-state index contributed by atoms with van der Waals surface area (Å²) in [5.74, 6) is -1.32. The van der Waals surface area contributed by atoms with Gasteiger partial charge in [0.1, 0.15) is 5.60 Å². The monoisotopic (exact) mass is 528 g/mol. The van der Waals surface area contributed by atoms with E-state index in [1.165, 1.54) is 18.0 Å². The lowest BCUT2D eigenvalue weighted by atomic mass is 9.88. The second-order valence-electron chi connectivity index (χ2n) is 11.0. The standard InChI is InChI=1S/C30H32N4O5/c1-6-25(35)31-14-19-9-12-23-21(13-19)26-22-16-33(29(38)32(5)27(22)36)17-24(26)34(23)15-18-7-10-20(11-8-18)28(37)39-30(2,3)4/h6-13,22H,1,14-17H2,2-5H3,(H,31,35). The summed E-state index contributed by atoms with van der Waals surface area (Å²) in [4.78, 5) is 53.1. The van der Waals surface area contributed by atoms with Crippen LogP contribution in [0.2, 0.25) is 0 Å². The Hall–Kier alpha value is -4.40. The van der Waals surface area contributed by atoms with Gasteiger partial charge in [0, 0.05) is 43.3 Å². The van der Waals surface area contributed by atoms with Gasteiger partial charge in [-0.1, -0.05) is 24.8 Å². The zero-order valence-corrected chi connectivity index (χ0v) is 22.6. The van der Waals surface area contributed by atoms with Crippen LogP contribution in [-0.4, -0.2) is 57.4 Å². The molecule has 2 aliphatic rings. The second-order valence-corrected chi connectivity index (χ2v) is 11.0. The highest BCUT2D eigenvalue weighted by molar-refractivity contribution is 6.04. The van der Waals surface area contributed by atoms with E-state index in [1.807, 2.05) is 51.1 Å². The van der Waals surface area contributed by atoms with Crippen LogP contribution in [0.5, 0.6) is 0 Å². The Bertz CT molecular complexity index is 1510. The van der Waals surface area contributed by atoms with Crippen LogP contribution in [-0.2, 0) is 34.0 Å². The molecule has 9 heteroatoms. The van der Waals surface area contributed by atoms with E-state index in [4.69, 9.17) is 4.74 Å². The molecule has 1 fully saturated rings. The van der Waals surface area contributed by atoms with Crippen molar-refractivity contribution < 1.29 is 23.9 Å². The van der Waals surface area contributed by atoms with Crippen molar-refractivity contribution >= 4 is 34.7 Å². The van der Waals surface area contributed by atoms with Crippen LogP contribution in [0.25, 0.3) is 10.9 Å². The Morgan fingerprint density at radius 2 is 1.79 bits per heavy atom. The van der Waals surface area contributed by atoms with E-state index < -0.39 is 11.5 Å². The molecule has 0 aliphatic carbocycles. The third-order valence-corrected chi connectivity index (χ3v) is 7.14. The van der Waals surface area contributed by atoms with Crippen molar-refractivity contribution in [1.82, 2.24) is 19.7 Å². The zero-order valence-electron chi connectivity index (χ0n) is 22.6. The number of nitrogens with one attached hydrogen (secondary N) is 1.